The first-order valence-electron chi connectivity index (χ1n) is 8.06. The van der Waals surface area contributed by atoms with Crippen LogP contribution in [0, 0.1) is 6.92 Å². The van der Waals surface area contributed by atoms with Crippen LogP contribution in [0.2, 0.25) is 5.02 Å². The second kappa shape index (κ2) is 6.90. The van der Waals surface area contributed by atoms with Gasteiger partial charge in [0, 0.05) is 23.0 Å². The number of carbonyl (C=O) groups excluding carboxylic acids is 1. The Hall–Kier alpha value is -1.69. The molecule has 0 bridgehead atoms. The number of nitrogens with one attached hydrogen (secondary N) is 1. The minimum absolute atomic E-state index is 0.0844. The molecule has 1 aliphatic heterocycles. The van der Waals surface area contributed by atoms with E-state index in [1.165, 1.54) is 10.4 Å². The number of thioether (sulfide) groups is 1. The lowest BCUT2D eigenvalue weighted by Gasteiger charge is -2.14. The van der Waals surface area contributed by atoms with Crippen LogP contribution < -0.4 is 5.32 Å². The molecule has 1 aliphatic rings. The summed E-state index contributed by atoms with van der Waals surface area (Å²) >= 11 is 9.94. The van der Waals surface area contributed by atoms with Gasteiger partial charge in [-0.15, -0.1) is 11.3 Å². The van der Waals surface area contributed by atoms with Crippen LogP contribution in [0.25, 0.3) is 5.00 Å². The van der Waals surface area contributed by atoms with Crippen molar-refractivity contribution in [2.75, 3.05) is 11.1 Å². The summed E-state index contributed by atoms with van der Waals surface area (Å²) in [6.07, 6.45) is 4.91. The van der Waals surface area contributed by atoms with Crippen LogP contribution in [-0.2, 0) is 12.2 Å². The van der Waals surface area contributed by atoms with Crippen molar-refractivity contribution in [3.8, 4) is 5.00 Å². The van der Waals surface area contributed by atoms with Crippen molar-refractivity contribution in [3.05, 3.63) is 69.3 Å². The van der Waals surface area contributed by atoms with Crippen LogP contribution in [0.4, 0.5) is 5.69 Å². The van der Waals surface area contributed by atoms with Gasteiger partial charge in [0.2, 0.25) is 0 Å². The van der Waals surface area contributed by atoms with Crippen LogP contribution >= 0.6 is 34.7 Å². The Morgan fingerprint density at radius 2 is 2.08 bits per heavy atom. The van der Waals surface area contributed by atoms with Gasteiger partial charge >= 0.3 is 0 Å². The molecule has 25 heavy (non-hydrogen) atoms. The zero-order valence-corrected chi connectivity index (χ0v) is 16.1. The highest BCUT2D eigenvalue weighted by atomic mass is 35.5. The molecule has 3 heterocycles. The summed E-state index contributed by atoms with van der Waals surface area (Å²) in [6, 6.07) is 9.63. The Morgan fingerprint density at radius 3 is 2.84 bits per heavy atom. The number of nitrogens with zero attached hydrogens (tertiary/aromatic N) is 1. The molecule has 0 aliphatic carbocycles. The van der Waals surface area contributed by atoms with Gasteiger partial charge in [-0.25, -0.2) is 0 Å². The molecule has 3 nitrogen and oxygen atoms in total. The predicted octanol–water partition coefficient (Wildman–Crippen LogP) is 5.54. The van der Waals surface area contributed by atoms with Crippen molar-refractivity contribution in [3.63, 3.8) is 0 Å². The van der Waals surface area contributed by atoms with E-state index >= 15 is 0 Å². The Kier molecular flexibility index (Phi) is 4.63. The number of halogens is 1. The molecular formula is C19H17ClN2OS2. The summed E-state index contributed by atoms with van der Waals surface area (Å²) in [4.78, 5) is 14.4. The molecule has 1 aromatic carbocycles. The van der Waals surface area contributed by atoms with Gasteiger partial charge in [-0.2, -0.15) is 11.8 Å². The number of fused-ring (bicyclic) bond motifs is 1. The third-order valence-electron chi connectivity index (χ3n) is 4.24. The van der Waals surface area contributed by atoms with Crippen molar-refractivity contribution in [1.82, 2.24) is 4.57 Å². The quantitative estimate of drug-likeness (QED) is 0.638. The third-order valence-corrected chi connectivity index (χ3v) is 6.97. The van der Waals surface area contributed by atoms with Gasteiger partial charge in [0.25, 0.3) is 5.91 Å². The standard InChI is InChI=1S/C19H17ClN2OS2/c1-12-4-5-15(14(20)10-12)21-18(23)17-13-6-9-24-11-16(13)25-19(17)22-7-2-3-8-22/h2-5,7-8,10H,6,9,11H2,1H3,(H,21,23). The molecule has 0 unspecified atom stereocenters. The van der Waals surface area contributed by atoms with Gasteiger partial charge in [-0.05, 0) is 54.5 Å². The molecule has 0 radical (unpaired) electrons. The Balaban J connectivity index is 1.75. The normalized spacial score (nSPS) is 13.5. The van der Waals surface area contributed by atoms with E-state index < -0.39 is 0 Å². The monoisotopic (exact) mass is 388 g/mol. The molecule has 4 rings (SSSR count). The summed E-state index contributed by atoms with van der Waals surface area (Å²) in [7, 11) is 0. The summed E-state index contributed by atoms with van der Waals surface area (Å²) in [5.74, 6) is 1.95. The smallest absolute Gasteiger partial charge is 0.259 e. The third kappa shape index (κ3) is 3.24. The maximum absolute atomic E-state index is 13.1. The van der Waals surface area contributed by atoms with E-state index in [4.69, 9.17) is 11.6 Å². The number of aromatic nitrogens is 1. The first-order valence-corrected chi connectivity index (χ1v) is 10.4. The zero-order valence-electron chi connectivity index (χ0n) is 13.7. The van der Waals surface area contributed by atoms with Gasteiger partial charge in [-0.1, -0.05) is 17.7 Å². The lowest BCUT2D eigenvalue weighted by atomic mass is 10.1. The maximum atomic E-state index is 13.1. The van der Waals surface area contributed by atoms with Crippen molar-refractivity contribution in [1.29, 1.82) is 0 Å². The predicted molar refractivity (Wildman–Crippen MR) is 108 cm³/mol. The number of anilines is 1. The fraction of sp³-hybridized carbons (Fsp3) is 0.211. The summed E-state index contributed by atoms with van der Waals surface area (Å²) < 4.78 is 2.03. The molecule has 0 saturated carbocycles. The van der Waals surface area contributed by atoms with Crippen LogP contribution in [-0.4, -0.2) is 16.2 Å². The first-order chi connectivity index (χ1) is 12.1. The second-order valence-electron chi connectivity index (χ2n) is 6.01. The number of rotatable bonds is 3. The largest absolute Gasteiger partial charge is 0.321 e. The topological polar surface area (TPSA) is 34.0 Å². The van der Waals surface area contributed by atoms with E-state index in [0.29, 0.717) is 10.7 Å². The minimum atomic E-state index is -0.0844. The summed E-state index contributed by atoms with van der Waals surface area (Å²) in [6.45, 7) is 1.98. The van der Waals surface area contributed by atoms with Crippen molar-refractivity contribution < 1.29 is 4.79 Å². The van der Waals surface area contributed by atoms with E-state index in [-0.39, 0.29) is 5.91 Å². The molecule has 3 aromatic rings. The van der Waals surface area contributed by atoms with Crippen LogP contribution in [0.15, 0.2) is 42.7 Å². The minimum Gasteiger partial charge on any atom is -0.321 e. The molecule has 1 N–H and O–H groups in total. The second-order valence-corrected chi connectivity index (χ2v) is 8.61. The molecule has 0 spiro atoms. The number of aryl methyl sites for hydroxylation is 1. The fourth-order valence-corrected chi connectivity index (χ4v) is 5.74. The lowest BCUT2D eigenvalue weighted by molar-refractivity contribution is 0.102. The number of amides is 1. The molecule has 0 saturated heterocycles. The van der Waals surface area contributed by atoms with E-state index in [0.717, 1.165) is 34.1 Å². The van der Waals surface area contributed by atoms with Crippen LogP contribution in [0.3, 0.4) is 0 Å². The van der Waals surface area contributed by atoms with Crippen LogP contribution in [0.1, 0.15) is 26.4 Å². The number of hydrogen-bond donors (Lipinski definition) is 1. The highest BCUT2D eigenvalue weighted by Crippen LogP contribution is 2.39. The van der Waals surface area contributed by atoms with Gasteiger partial charge in [0.1, 0.15) is 5.00 Å². The van der Waals surface area contributed by atoms with Gasteiger partial charge in [-0.3, -0.25) is 4.79 Å². The number of hydrogen-bond acceptors (Lipinski definition) is 3. The van der Waals surface area contributed by atoms with Gasteiger partial charge in [0.05, 0.1) is 16.3 Å². The Labute approximate surface area is 160 Å². The summed E-state index contributed by atoms with van der Waals surface area (Å²) in [5, 5.41) is 4.56. The Morgan fingerprint density at radius 1 is 1.28 bits per heavy atom. The molecule has 128 valence electrons. The molecule has 1 amide bonds. The molecule has 2 aromatic heterocycles. The van der Waals surface area contributed by atoms with Crippen molar-refractivity contribution in [2.24, 2.45) is 0 Å². The number of carbonyl (C=O) groups is 1. The number of benzene rings is 1. The first kappa shape index (κ1) is 16.8. The van der Waals surface area contributed by atoms with Gasteiger partial charge in [0.15, 0.2) is 0 Å². The molecular weight excluding hydrogens is 372 g/mol. The van der Waals surface area contributed by atoms with E-state index in [1.807, 2.05) is 66.0 Å². The Bertz CT molecular complexity index is 931. The van der Waals surface area contributed by atoms with Crippen LogP contribution in [0.5, 0.6) is 0 Å². The maximum Gasteiger partial charge on any atom is 0.259 e. The van der Waals surface area contributed by atoms with E-state index in [2.05, 4.69) is 5.32 Å². The van der Waals surface area contributed by atoms with Crippen molar-refractivity contribution >= 4 is 46.3 Å². The molecule has 0 fully saturated rings. The fourth-order valence-electron chi connectivity index (χ4n) is 3.01. The molecule has 0 atom stereocenters. The number of thiophene rings is 1. The highest BCUT2D eigenvalue weighted by Gasteiger charge is 2.26. The van der Waals surface area contributed by atoms with E-state index in [1.54, 1.807) is 11.3 Å². The SMILES string of the molecule is Cc1ccc(NC(=O)c2c(-n3cccc3)sc3c2CCSC3)c(Cl)c1. The zero-order chi connectivity index (χ0) is 17.4. The average molecular weight is 389 g/mol. The highest BCUT2D eigenvalue weighted by molar-refractivity contribution is 7.98. The van der Waals surface area contributed by atoms with E-state index in [9.17, 15) is 4.79 Å². The summed E-state index contributed by atoms with van der Waals surface area (Å²) in [5.41, 5.74) is 3.70. The van der Waals surface area contributed by atoms with Crippen molar-refractivity contribution in [2.45, 2.75) is 19.1 Å². The van der Waals surface area contributed by atoms with Gasteiger partial charge < -0.3 is 9.88 Å². The average Bonchev–Trinajstić information content (AvgIpc) is 3.24. The molecule has 6 heteroatoms. The lowest BCUT2D eigenvalue weighted by Crippen LogP contribution is -2.17.